The topological polar surface area (TPSA) is 54.3 Å². The van der Waals surface area contributed by atoms with Crippen LogP contribution in [0.15, 0.2) is 41.3 Å². The van der Waals surface area contributed by atoms with Crippen molar-refractivity contribution in [2.24, 2.45) is 13.0 Å². The molecule has 1 saturated heterocycles. The Labute approximate surface area is 197 Å². The van der Waals surface area contributed by atoms with Crippen LogP contribution in [0.2, 0.25) is 0 Å². The number of pyridine rings is 1. The van der Waals surface area contributed by atoms with Gasteiger partial charge in [0.15, 0.2) is 0 Å². The number of nitrogens with one attached hydrogen (secondary N) is 1. The van der Waals surface area contributed by atoms with E-state index in [2.05, 4.69) is 35.3 Å². The Kier molecular flexibility index (Phi) is 6.42. The van der Waals surface area contributed by atoms with E-state index in [9.17, 15) is 9.59 Å². The molecule has 2 aromatic rings. The molecule has 1 saturated carbocycles. The molecule has 3 aliphatic rings. The summed E-state index contributed by atoms with van der Waals surface area (Å²) in [5.74, 6) is 0.275. The maximum Gasteiger partial charge on any atom is 0.250 e. The van der Waals surface area contributed by atoms with Crippen LogP contribution in [0.25, 0.3) is 0 Å². The molecule has 0 radical (unpaired) electrons. The Morgan fingerprint density at radius 3 is 2.76 bits per heavy atom. The minimum Gasteiger partial charge on any atom is -0.332 e. The number of piperidine rings is 1. The maximum atomic E-state index is 14.2. The van der Waals surface area contributed by atoms with Gasteiger partial charge in [0.25, 0.3) is 5.56 Å². The highest BCUT2D eigenvalue weighted by Crippen LogP contribution is 2.44. The van der Waals surface area contributed by atoms with Crippen molar-refractivity contribution in [1.82, 2.24) is 14.8 Å². The van der Waals surface area contributed by atoms with Gasteiger partial charge in [-0.15, -0.1) is 0 Å². The van der Waals surface area contributed by atoms with E-state index in [0.717, 1.165) is 50.6 Å². The zero-order valence-corrected chi connectivity index (χ0v) is 20.1. The molecule has 2 heterocycles. The lowest BCUT2D eigenvalue weighted by Crippen LogP contribution is -2.48. The SMILES string of the molecule is CCCCc1ccc2c(c1)C(N(C(=O)[C@H]1CNCCC1c1ccn(C)c(=O)c1)C1CC1)CC2. The van der Waals surface area contributed by atoms with Gasteiger partial charge in [0.05, 0.1) is 12.0 Å². The summed E-state index contributed by atoms with van der Waals surface area (Å²) >= 11 is 0. The van der Waals surface area contributed by atoms with Gasteiger partial charge in [-0.25, -0.2) is 0 Å². The molecular formula is C28H37N3O2. The van der Waals surface area contributed by atoms with Crippen LogP contribution in [0.4, 0.5) is 0 Å². The van der Waals surface area contributed by atoms with Crippen LogP contribution in [0.1, 0.15) is 79.7 Å². The number of fused-ring (bicyclic) bond motifs is 1. The first-order valence-corrected chi connectivity index (χ1v) is 12.9. The summed E-state index contributed by atoms with van der Waals surface area (Å²) in [5.41, 5.74) is 5.23. The van der Waals surface area contributed by atoms with E-state index in [-0.39, 0.29) is 29.3 Å². The second kappa shape index (κ2) is 9.46. The molecule has 1 aliphatic heterocycles. The largest absolute Gasteiger partial charge is 0.332 e. The lowest BCUT2D eigenvalue weighted by Gasteiger charge is -2.38. The second-order valence-electron chi connectivity index (χ2n) is 10.3. The number of hydrogen-bond donors (Lipinski definition) is 1. The normalized spacial score (nSPS) is 24.5. The highest BCUT2D eigenvalue weighted by molar-refractivity contribution is 5.82. The van der Waals surface area contributed by atoms with Crippen molar-refractivity contribution in [3.8, 4) is 0 Å². The Balaban J connectivity index is 1.44. The van der Waals surface area contributed by atoms with Crippen molar-refractivity contribution in [2.45, 2.75) is 76.3 Å². The number of nitrogens with zero attached hydrogens (tertiary/aromatic N) is 2. The molecule has 1 aromatic heterocycles. The standard InChI is InChI=1S/C28H37N3O2/c1-3-4-5-19-6-7-20-8-11-26(24(20)16-19)31(22-9-10-22)28(33)25-18-29-14-12-23(25)21-13-15-30(2)27(32)17-21/h6-7,13,15-17,22-23,25-26,29H,3-5,8-12,14,18H2,1-2H3/t23?,25-,26?/m0/s1. The Morgan fingerprint density at radius 1 is 1.15 bits per heavy atom. The van der Waals surface area contributed by atoms with Crippen LogP contribution in [-0.4, -0.2) is 34.5 Å². The van der Waals surface area contributed by atoms with Crippen molar-refractivity contribution in [3.63, 3.8) is 0 Å². The van der Waals surface area contributed by atoms with Gasteiger partial charge in [-0.2, -0.15) is 0 Å². The molecule has 2 aliphatic carbocycles. The minimum atomic E-state index is -0.112. The van der Waals surface area contributed by atoms with Crippen LogP contribution in [0.5, 0.6) is 0 Å². The van der Waals surface area contributed by atoms with Gasteiger partial charge < -0.3 is 14.8 Å². The molecule has 1 N–H and O–H groups in total. The van der Waals surface area contributed by atoms with E-state index in [1.54, 1.807) is 17.7 Å². The third-order valence-electron chi connectivity index (χ3n) is 7.96. The number of carbonyl (C=O) groups is 1. The van der Waals surface area contributed by atoms with Gasteiger partial charge in [0, 0.05) is 31.9 Å². The average Bonchev–Trinajstić information content (AvgIpc) is 3.59. The fourth-order valence-corrected chi connectivity index (χ4v) is 5.90. The Hall–Kier alpha value is -2.40. The molecule has 176 valence electrons. The van der Waals surface area contributed by atoms with E-state index < -0.39 is 0 Å². The minimum absolute atomic E-state index is 0.000564. The first-order valence-electron chi connectivity index (χ1n) is 12.9. The first kappa shape index (κ1) is 22.4. The fraction of sp³-hybridized carbons (Fsp3) is 0.571. The molecular weight excluding hydrogens is 410 g/mol. The third-order valence-corrected chi connectivity index (χ3v) is 7.96. The quantitative estimate of drug-likeness (QED) is 0.695. The van der Waals surface area contributed by atoms with Gasteiger partial charge in [-0.3, -0.25) is 9.59 Å². The van der Waals surface area contributed by atoms with Crippen LogP contribution in [0.3, 0.4) is 0 Å². The van der Waals surface area contributed by atoms with Gasteiger partial charge in [-0.1, -0.05) is 31.5 Å². The highest BCUT2D eigenvalue weighted by Gasteiger charge is 2.45. The zero-order chi connectivity index (χ0) is 22.9. The summed E-state index contributed by atoms with van der Waals surface area (Å²) in [6, 6.07) is 11.3. The zero-order valence-electron chi connectivity index (χ0n) is 20.1. The number of benzene rings is 1. The van der Waals surface area contributed by atoms with Crippen molar-refractivity contribution >= 4 is 5.91 Å². The molecule has 33 heavy (non-hydrogen) atoms. The predicted octanol–water partition coefficient (Wildman–Crippen LogP) is 4.10. The first-order chi connectivity index (χ1) is 16.1. The van der Waals surface area contributed by atoms with Crippen molar-refractivity contribution in [1.29, 1.82) is 0 Å². The van der Waals surface area contributed by atoms with Gasteiger partial charge in [-0.05, 0) is 85.7 Å². The van der Waals surface area contributed by atoms with Gasteiger partial charge in [0.2, 0.25) is 5.91 Å². The lowest BCUT2D eigenvalue weighted by atomic mass is 9.80. The summed E-state index contributed by atoms with van der Waals surface area (Å²) in [7, 11) is 1.78. The summed E-state index contributed by atoms with van der Waals surface area (Å²) < 4.78 is 1.60. The number of aromatic nitrogens is 1. The van der Waals surface area contributed by atoms with Gasteiger partial charge in [0.1, 0.15) is 0 Å². The molecule has 0 spiro atoms. The van der Waals surface area contributed by atoms with Crippen LogP contribution < -0.4 is 10.9 Å². The van der Waals surface area contributed by atoms with E-state index in [0.29, 0.717) is 12.6 Å². The number of unbranched alkanes of at least 4 members (excludes halogenated alkanes) is 1. The summed E-state index contributed by atoms with van der Waals surface area (Å²) in [6.45, 7) is 3.82. The summed E-state index contributed by atoms with van der Waals surface area (Å²) in [6.07, 6.45) is 10.6. The fourth-order valence-electron chi connectivity index (χ4n) is 5.90. The van der Waals surface area contributed by atoms with Crippen LogP contribution in [0, 0.1) is 5.92 Å². The lowest BCUT2D eigenvalue weighted by molar-refractivity contribution is -0.140. The second-order valence-corrected chi connectivity index (χ2v) is 10.3. The van der Waals surface area contributed by atoms with Crippen LogP contribution >= 0.6 is 0 Å². The highest BCUT2D eigenvalue weighted by atomic mass is 16.2. The molecule has 1 aromatic carbocycles. The average molecular weight is 448 g/mol. The molecule has 3 atom stereocenters. The van der Waals surface area contributed by atoms with E-state index in [1.807, 2.05) is 12.3 Å². The third kappa shape index (κ3) is 4.52. The summed E-state index contributed by atoms with van der Waals surface area (Å²) in [4.78, 5) is 28.8. The molecule has 2 fully saturated rings. The summed E-state index contributed by atoms with van der Waals surface area (Å²) in [5, 5.41) is 3.47. The van der Waals surface area contributed by atoms with E-state index in [1.165, 1.54) is 29.5 Å². The number of hydrogen-bond acceptors (Lipinski definition) is 3. The smallest absolute Gasteiger partial charge is 0.250 e. The number of rotatable bonds is 7. The molecule has 2 unspecified atom stereocenters. The monoisotopic (exact) mass is 447 g/mol. The molecule has 0 bridgehead atoms. The molecule has 5 nitrogen and oxygen atoms in total. The number of amides is 1. The van der Waals surface area contributed by atoms with Crippen molar-refractivity contribution in [2.75, 3.05) is 13.1 Å². The van der Waals surface area contributed by atoms with E-state index in [4.69, 9.17) is 0 Å². The van der Waals surface area contributed by atoms with Crippen molar-refractivity contribution < 1.29 is 4.79 Å². The number of aryl methyl sites for hydroxylation is 3. The molecule has 1 amide bonds. The maximum absolute atomic E-state index is 14.2. The molecule has 5 heteroatoms. The van der Waals surface area contributed by atoms with E-state index >= 15 is 0 Å². The van der Waals surface area contributed by atoms with Gasteiger partial charge >= 0.3 is 0 Å². The van der Waals surface area contributed by atoms with Crippen molar-refractivity contribution in [3.05, 3.63) is 69.1 Å². The Morgan fingerprint density at radius 2 is 2.00 bits per heavy atom. The molecule has 5 rings (SSSR count). The van der Waals surface area contributed by atoms with Crippen LogP contribution in [-0.2, 0) is 24.7 Å². The number of carbonyl (C=O) groups excluding carboxylic acids is 1. The predicted molar refractivity (Wildman–Crippen MR) is 131 cm³/mol. The Bertz CT molecular complexity index is 1070.